The average molecular weight is 431 g/mol. The molecule has 1 amide bonds. The number of nitrogens with zero attached hydrogens (tertiary/aromatic N) is 1. The van der Waals surface area contributed by atoms with Gasteiger partial charge in [-0.15, -0.1) is 11.3 Å². The summed E-state index contributed by atoms with van der Waals surface area (Å²) in [6, 6.07) is 9.11. The molecule has 0 aliphatic carbocycles. The predicted molar refractivity (Wildman–Crippen MR) is 105 cm³/mol. The van der Waals surface area contributed by atoms with Gasteiger partial charge in [0.2, 0.25) is 5.91 Å². The lowest BCUT2D eigenvalue weighted by molar-refractivity contribution is -0.121. The van der Waals surface area contributed by atoms with E-state index in [0.717, 1.165) is 11.3 Å². The third-order valence-electron chi connectivity index (χ3n) is 4.89. The molecule has 3 rings (SSSR count). The lowest BCUT2D eigenvalue weighted by Gasteiger charge is -2.33. The second-order valence-corrected chi connectivity index (χ2v) is 10.4. The fourth-order valence-electron chi connectivity index (χ4n) is 3.20. The zero-order valence-corrected chi connectivity index (χ0v) is 17.1. The zero-order chi connectivity index (χ0) is 19.6. The van der Waals surface area contributed by atoms with Crippen LogP contribution in [0.15, 0.2) is 40.6 Å². The van der Waals surface area contributed by atoms with E-state index in [0.29, 0.717) is 30.3 Å². The second-order valence-electron chi connectivity index (χ2n) is 6.56. The first-order valence-corrected chi connectivity index (χ1v) is 11.2. The Balaban J connectivity index is 1.60. The van der Waals surface area contributed by atoms with Crippen LogP contribution < -0.4 is 5.32 Å². The lowest BCUT2D eigenvalue weighted by Crippen LogP contribution is -2.41. The van der Waals surface area contributed by atoms with E-state index in [1.54, 1.807) is 25.1 Å². The number of carbonyl (C=O) groups excluding carboxylic acids is 1. The van der Waals surface area contributed by atoms with Crippen LogP contribution in [0.3, 0.4) is 0 Å². The number of hydrogen-bond donors (Lipinski definition) is 1. The highest BCUT2D eigenvalue weighted by Crippen LogP contribution is 2.32. The predicted octanol–water partition coefficient (Wildman–Crippen LogP) is 4.22. The van der Waals surface area contributed by atoms with Gasteiger partial charge in [0.1, 0.15) is 10.0 Å². The third-order valence-corrected chi connectivity index (χ3v) is 8.49. The number of amides is 1. The van der Waals surface area contributed by atoms with Crippen LogP contribution >= 0.6 is 22.9 Å². The fraction of sp³-hybridized carbons (Fsp3) is 0.389. The number of nitrogens with one attached hydrogen (secondary N) is 1. The van der Waals surface area contributed by atoms with E-state index in [1.165, 1.54) is 22.5 Å². The maximum atomic E-state index is 13.7. The Morgan fingerprint density at radius 1 is 1.26 bits per heavy atom. The van der Waals surface area contributed by atoms with Crippen molar-refractivity contribution in [1.82, 2.24) is 4.31 Å². The first-order valence-electron chi connectivity index (χ1n) is 8.60. The van der Waals surface area contributed by atoms with Gasteiger partial charge in [0.15, 0.2) is 0 Å². The molecule has 1 aliphatic heterocycles. The van der Waals surface area contributed by atoms with Gasteiger partial charge in [-0.05, 0) is 43.0 Å². The first-order chi connectivity index (χ1) is 12.8. The SMILES string of the molecule is C[C@@H](C(=O)Nc1ccccc1F)C1CCN(S(=O)(=O)c2ccc(Cl)s2)CC1. The van der Waals surface area contributed by atoms with Crippen molar-refractivity contribution in [3.63, 3.8) is 0 Å². The Kier molecular flexibility index (Phi) is 6.20. The summed E-state index contributed by atoms with van der Waals surface area (Å²) in [6.07, 6.45) is 1.15. The topological polar surface area (TPSA) is 66.5 Å². The molecule has 1 N–H and O–H groups in total. The van der Waals surface area contributed by atoms with Crippen LogP contribution in [-0.4, -0.2) is 31.7 Å². The standard InChI is InChI=1S/C18H20ClFN2O3S2/c1-12(18(23)21-15-5-3-2-4-14(15)20)13-8-10-22(11-9-13)27(24,25)17-7-6-16(19)26-17/h2-7,12-13H,8-11H2,1H3,(H,21,23)/t12-/m1/s1. The van der Waals surface area contributed by atoms with Crippen molar-refractivity contribution in [2.45, 2.75) is 24.0 Å². The minimum atomic E-state index is -3.55. The van der Waals surface area contributed by atoms with Gasteiger partial charge < -0.3 is 5.32 Å². The molecule has 0 bridgehead atoms. The Hall–Kier alpha value is -1.48. The number of piperidine rings is 1. The zero-order valence-electron chi connectivity index (χ0n) is 14.7. The molecule has 1 fully saturated rings. The maximum Gasteiger partial charge on any atom is 0.252 e. The van der Waals surface area contributed by atoms with Gasteiger partial charge in [-0.25, -0.2) is 12.8 Å². The van der Waals surface area contributed by atoms with Crippen molar-refractivity contribution in [2.24, 2.45) is 11.8 Å². The monoisotopic (exact) mass is 430 g/mol. The molecule has 0 unspecified atom stereocenters. The molecule has 1 aliphatic rings. The Morgan fingerprint density at radius 2 is 1.93 bits per heavy atom. The van der Waals surface area contributed by atoms with Gasteiger partial charge in [0, 0.05) is 19.0 Å². The van der Waals surface area contributed by atoms with Crippen LogP contribution in [0, 0.1) is 17.7 Å². The number of thiophene rings is 1. The Labute approximate surface area is 167 Å². The molecule has 146 valence electrons. The lowest BCUT2D eigenvalue weighted by atomic mass is 9.85. The van der Waals surface area contributed by atoms with Crippen molar-refractivity contribution in [3.05, 3.63) is 46.6 Å². The molecule has 5 nitrogen and oxygen atoms in total. The average Bonchev–Trinajstić information content (AvgIpc) is 3.10. The molecule has 9 heteroatoms. The minimum absolute atomic E-state index is 0.0372. The molecule has 2 aromatic rings. The van der Waals surface area contributed by atoms with E-state index in [1.807, 2.05) is 0 Å². The van der Waals surface area contributed by atoms with E-state index in [2.05, 4.69) is 5.32 Å². The summed E-state index contributed by atoms with van der Waals surface area (Å²) in [4.78, 5) is 12.4. The molecule has 2 heterocycles. The summed E-state index contributed by atoms with van der Waals surface area (Å²) in [5, 5.41) is 2.62. The molecule has 0 spiro atoms. The van der Waals surface area contributed by atoms with Crippen molar-refractivity contribution in [3.8, 4) is 0 Å². The summed E-state index contributed by atoms with van der Waals surface area (Å²) >= 11 is 6.89. The van der Waals surface area contributed by atoms with E-state index < -0.39 is 15.8 Å². The van der Waals surface area contributed by atoms with Gasteiger partial charge in [-0.2, -0.15) is 4.31 Å². The summed E-state index contributed by atoms with van der Waals surface area (Å²) < 4.78 is 41.1. The highest BCUT2D eigenvalue weighted by Gasteiger charge is 2.34. The largest absolute Gasteiger partial charge is 0.323 e. The Bertz CT molecular complexity index is 924. The fourth-order valence-corrected chi connectivity index (χ4v) is 6.31. The van der Waals surface area contributed by atoms with Crippen LogP contribution in [0.5, 0.6) is 0 Å². The maximum absolute atomic E-state index is 13.7. The molecule has 0 saturated carbocycles. The quantitative estimate of drug-likeness (QED) is 0.772. The van der Waals surface area contributed by atoms with Crippen molar-refractivity contribution in [2.75, 3.05) is 18.4 Å². The molecular weight excluding hydrogens is 411 g/mol. The van der Waals surface area contributed by atoms with Crippen molar-refractivity contribution < 1.29 is 17.6 Å². The van der Waals surface area contributed by atoms with Crippen LogP contribution in [-0.2, 0) is 14.8 Å². The summed E-state index contributed by atoms with van der Waals surface area (Å²) in [5.41, 5.74) is 0.156. The highest BCUT2D eigenvalue weighted by molar-refractivity contribution is 7.91. The van der Waals surface area contributed by atoms with Gasteiger partial charge in [0.25, 0.3) is 10.0 Å². The number of halogens is 2. The number of anilines is 1. The number of benzene rings is 1. The number of sulfonamides is 1. The third kappa shape index (κ3) is 4.51. The van der Waals surface area contributed by atoms with Gasteiger partial charge in [-0.1, -0.05) is 30.7 Å². The molecule has 27 heavy (non-hydrogen) atoms. The number of para-hydroxylation sites is 1. The van der Waals surface area contributed by atoms with Crippen molar-refractivity contribution >= 4 is 44.6 Å². The second kappa shape index (κ2) is 8.26. The van der Waals surface area contributed by atoms with Gasteiger partial charge in [-0.3, -0.25) is 4.79 Å². The first kappa shape index (κ1) is 20.3. The summed E-state index contributed by atoms with van der Waals surface area (Å²) in [5.74, 6) is -1.04. The molecule has 1 aromatic heterocycles. The summed E-state index contributed by atoms with van der Waals surface area (Å²) in [6.45, 7) is 2.49. The van der Waals surface area contributed by atoms with Crippen LogP contribution in [0.1, 0.15) is 19.8 Å². The molecule has 1 atom stereocenters. The highest BCUT2D eigenvalue weighted by atomic mass is 35.5. The van der Waals surface area contributed by atoms with Crippen LogP contribution in [0.25, 0.3) is 0 Å². The van der Waals surface area contributed by atoms with E-state index in [4.69, 9.17) is 11.6 Å². The smallest absolute Gasteiger partial charge is 0.252 e. The van der Waals surface area contributed by atoms with Crippen LogP contribution in [0.4, 0.5) is 10.1 Å². The van der Waals surface area contributed by atoms with E-state index in [9.17, 15) is 17.6 Å². The number of carbonyl (C=O) groups is 1. The van der Waals surface area contributed by atoms with E-state index >= 15 is 0 Å². The Morgan fingerprint density at radius 3 is 2.52 bits per heavy atom. The van der Waals surface area contributed by atoms with Gasteiger partial charge >= 0.3 is 0 Å². The van der Waals surface area contributed by atoms with Crippen LogP contribution in [0.2, 0.25) is 4.34 Å². The molecule has 1 saturated heterocycles. The minimum Gasteiger partial charge on any atom is -0.323 e. The van der Waals surface area contributed by atoms with E-state index in [-0.39, 0.29) is 27.6 Å². The number of hydrogen-bond acceptors (Lipinski definition) is 4. The molecule has 1 aromatic carbocycles. The van der Waals surface area contributed by atoms with Gasteiger partial charge in [0.05, 0.1) is 10.0 Å². The van der Waals surface area contributed by atoms with Crippen molar-refractivity contribution in [1.29, 1.82) is 0 Å². The molecular formula is C18H20ClFN2O3S2. The molecule has 0 radical (unpaired) electrons. The normalized spacial score (nSPS) is 17.6. The number of rotatable bonds is 5. The summed E-state index contributed by atoms with van der Waals surface area (Å²) in [7, 11) is -3.55.